The van der Waals surface area contributed by atoms with Crippen LogP contribution in [0.4, 0.5) is 5.69 Å². The number of rotatable bonds is 7. The molecule has 6 nitrogen and oxygen atoms in total. The SMILES string of the molecule is CNC(=O)CNC(=O)CC[C@]1(Cc2ccccc2)C(=O)N(C)c2ccccc21. The van der Waals surface area contributed by atoms with E-state index in [0.29, 0.717) is 12.8 Å². The molecular weight excluding hydrogens is 354 g/mol. The van der Waals surface area contributed by atoms with Gasteiger partial charge in [0.25, 0.3) is 0 Å². The van der Waals surface area contributed by atoms with Crippen LogP contribution in [-0.2, 0) is 26.2 Å². The van der Waals surface area contributed by atoms with Gasteiger partial charge in [-0.25, -0.2) is 0 Å². The maximum Gasteiger partial charge on any atom is 0.239 e. The number of hydrogen-bond acceptors (Lipinski definition) is 3. The van der Waals surface area contributed by atoms with E-state index in [-0.39, 0.29) is 30.7 Å². The molecule has 0 unspecified atom stereocenters. The lowest BCUT2D eigenvalue weighted by atomic mass is 9.73. The molecule has 3 rings (SSSR count). The highest BCUT2D eigenvalue weighted by molar-refractivity contribution is 6.08. The Morgan fingerprint density at radius 1 is 1.00 bits per heavy atom. The van der Waals surface area contributed by atoms with Crippen LogP contribution >= 0.6 is 0 Å². The zero-order chi connectivity index (χ0) is 20.1. The molecule has 3 amide bonds. The number of fused-ring (bicyclic) bond motifs is 1. The third-order valence-corrected chi connectivity index (χ3v) is 5.35. The van der Waals surface area contributed by atoms with E-state index in [1.807, 2.05) is 54.6 Å². The number of nitrogens with one attached hydrogen (secondary N) is 2. The van der Waals surface area contributed by atoms with Crippen molar-refractivity contribution in [1.29, 1.82) is 0 Å². The Bertz CT molecular complexity index is 882. The maximum absolute atomic E-state index is 13.3. The van der Waals surface area contributed by atoms with Gasteiger partial charge in [-0.3, -0.25) is 14.4 Å². The summed E-state index contributed by atoms with van der Waals surface area (Å²) in [5, 5.41) is 5.08. The van der Waals surface area contributed by atoms with Crippen molar-refractivity contribution in [3.05, 3.63) is 65.7 Å². The summed E-state index contributed by atoms with van der Waals surface area (Å²) >= 11 is 0. The predicted molar refractivity (Wildman–Crippen MR) is 108 cm³/mol. The van der Waals surface area contributed by atoms with Crippen LogP contribution in [0.5, 0.6) is 0 Å². The lowest BCUT2D eigenvalue weighted by Crippen LogP contribution is -2.42. The molecule has 1 aliphatic rings. The van der Waals surface area contributed by atoms with Crippen LogP contribution in [0.25, 0.3) is 0 Å². The van der Waals surface area contributed by atoms with E-state index in [1.165, 1.54) is 7.05 Å². The number of para-hydroxylation sites is 1. The maximum atomic E-state index is 13.3. The first kappa shape index (κ1) is 19.6. The second kappa shape index (κ2) is 8.25. The van der Waals surface area contributed by atoms with Crippen molar-refractivity contribution in [2.75, 3.05) is 25.5 Å². The normalized spacial score (nSPS) is 17.9. The van der Waals surface area contributed by atoms with Gasteiger partial charge in [-0.1, -0.05) is 48.5 Å². The van der Waals surface area contributed by atoms with Crippen LogP contribution in [0.1, 0.15) is 24.0 Å². The van der Waals surface area contributed by atoms with Gasteiger partial charge >= 0.3 is 0 Å². The van der Waals surface area contributed by atoms with Crippen molar-refractivity contribution < 1.29 is 14.4 Å². The van der Waals surface area contributed by atoms with Crippen LogP contribution < -0.4 is 15.5 Å². The molecule has 0 spiro atoms. The Labute approximate surface area is 164 Å². The summed E-state index contributed by atoms with van der Waals surface area (Å²) in [5.74, 6) is -0.498. The van der Waals surface area contributed by atoms with E-state index in [9.17, 15) is 14.4 Å². The number of anilines is 1. The Morgan fingerprint density at radius 2 is 1.68 bits per heavy atom. The Kier molecular flexibility index (Phi) is 5.78. The fraction of sp³-hybridized carbons (Fsp3) is 0.318. The zero-order valence-corrected chi connectivity index (χ0v) is 16.2. The third-order valence-electron chi connectivity index (χ3n) is 5.35. The quantitative estimate of drug-likeness (QED) is 0.770. The van der Waals surface area contributed by atoms with Gasteiger partial charge in [0.05, 0.1) is 12.0 Å². The lowest BCUT2D eigenvalue weighted by Gasteiger charge is -2.28. The second-order valence-electron chi connectivity index (χ2n) is 7.08. The zero-order valence-electron chi connectivity index (χ0n) is 16.2. The van der Waals surface area contributed by atoms with Gasteiger partial charge in [0.2, 0.25) is 17.7 Å². The molecule has 0 saturated heterocycles. The molecule has 2 aromatic rings. The van der Waals surface area contributed by atoms with Gasteiger partial charge < -0.3 is 15.5 Å². The van der Waals surface area contributed by atoms with Crippen molar-refractivity contribution in [3.8, 4) is 0 Å². The van der Waals surface area contributed by atoms with Crippen molar-refractivity contribution in [2.45, 2.75) is 24.7 Å². The summed E-state index contributed by atoms with van der Waals surface area (Å²) in [4.78, 5) is 38.7. The van der Waals surface area contributed by atoms with E-state index in [4.69, 9.17) is 0 Å². The summed E-state index contributed by atoms with van der Waals surface area (Å²) in [6.45, 7) is -0.0640. The largest absolute Gasteiger partial charge is 0.358 e. The van der Waals surface area contributed by atoms with Crippen molar-refractivity contribution in [2.24, 2.45) is 0 Å². The number of carbonyl (C=O) groups is 3. The first-order valence-corrected chi connectivity index (χ1v) is 9.37. The van der Waals surface area contributed by atoms with Gasteiger partial charge in [0.1, 0.15) is 0 Å². The molecular formula is C22H25N3O3. The van der Waals surface area contributed by atoms with Gasteiger partial charge in [-0.2, -0.15) is 0 Å². The predicted octanol–water partition coefficient (Wildman–Crippen LogP) is 1.79. The van der Waals surface area contributed by atoms with E-state index >= 15 is 0 Å². The first-order chi connectivity index (χ1) is 13.5. The number of benzene rings is 2. The van der Waals surface area contributed by atoms with E-state index in [2.05, 4.69) is 10.6 Å². The summed E-state index contributed by atoms with van der Waals surface area (Å²) in [5.41, 5.74) is 2.09. The summed E-state index contributed by atoms with van der Waals surface area (Å²) < 4.78 is 0. The minimum Gasteiger partial charge on any atom is -0.358 e. The molecule has 0 bridgehead atoms. The molecule has 6 heteroatoms. The highest BCUT2D eigenvalue weighted by Gasteiger charge is 2.49. The second-order valence-corrected chi connectivity index (χ2v) is 7.08. The third kappa shape index (κ3) is 3.76. The van der Waals surface area contributed by atoms with Crippen LogP contribution in [0, 0.1) is 0 Å². The molecule has 28 heavy (non-hydrogen) atoms. The van der Waals surface area contributed by atoms with Gasteiger partial charge in [0.15, 0.2) is 0 Å². The number of carbonyl (C=O) groups excluding carboxylic acids is 3. The van der Waals surface area contributed by atoms with Crippen molar-refractivity contribution >= 4 is 23.4 Å². The number of amides is 3. The summed E-state index contributed by atoms with van der Waals surface area (Å²) in [6.07, 6.45) is 1.07. The number of likely N-dealkylation sites (N-methyl/N-ethyl adjacent to an activating group) is 2. The minimum absolute atomic E-state index is 0.00310. The summed E-state index contributed by atoms with van der Waals surface area (Å²) in [6, 6.07) is 17.6. The Morgan fingerprint density at radius 3 is 2.39 bits per heavy atom. The molecule has 1 heterocycles. The molecule has 0 radical (unpaired) electrons. The molecule has 2 N–H and O–H groups in total. The van der Waals surface area contributed by atoms with Crippen LogP contribution in [0.3, 0.4) is 0 Å². The van der Waals surface area contributed by atoms with Crippen molar-refractivity contribution in [1.82, 2.24) is 10.6 Å². The van der Waals surface area contributed by atoms with E-state index in [0.717, 1.165) is 16.8 Å². The average molecular weight is 379 g/mol. The fourth-order valence-electron chi connectivity index (χ4n) is 3.84. The van der Waals surface area contributed by atoms with Crippen LogP contribution in [-0.4, -0.2) is 38.4 Å². The van der Waals surface area contributed by atoms with Gasteiger partial charge in [-0.05, 0) is 30.0 Å². The Hall–Kier alpha value is -3.15. The van der Waals surface area contributed by atoms with Gasteiger partial charge in [-0.15, -0.1) is 0 Å². The summed E-state index contributed by atoms with van der Waals surface area (Å²) in [7, 11) is 3.30. The first-order valence-electron chi connectivity index (χ1n) is 9.37. The standard InChI is InChI=1S/C22H25N3O3/c1-23-20(27)15-24-19(26)12-13-22(14-16-8-4-3-5-9-16)17-10-6-7-11-18(17)25(2)21(22)28/h3-11H,12-15H2,1-2H3,(H,23,27)(H,24,26)/t22-/m1/s1. The highest BCUT2D eigenvalue weighted by Crippen LogP contribution is 2.46. The average Bonchev–Trinajstić information content (AvgIpc) is 2.93. The fourth-order valence-corrected chi connectivity index (χ4v) is 3.84. The molecule has 1 aliphatic heterocycles. The molecule has 0 aromatic heterocycles. The van der Waals surface area contributed by atoms with E-state index in [1.54, 1.807) is 11.9 Å². The molecule has 0 saturated carbocycles. The topological polar surface area (TPSA) is 78.5 Å². The number of hydrogen-bond donors (Lipinski definition) is 2. The molecule has 1 atom stereocenters. The molecule has 146 valence electrons. The number of nitrogens with zero attached hydrogens (tertiary/aromatic N) is 1. The van der Waals surface area contributed by atoms with Crippen LogP contribution in [0.15, 0.2) is 54.6 Å². The van der Waals surface area contributed by atoms with Gasteiger partial charge in [0, 0.05) is 26.2 Å². The van der Waals surface area contributed by atoms with Crippen molar-refractivity contribution in [3.63, 3.8) is 0 Å². The minimum atomic E-state index is -0.795. The highest BCUT2D eigenvalue weighted by atomic mass is 16.2. The Balaban J connectivity index is 1.87. The lowest BCUT2D eigenvalue weighted by molar-refractivity contribution is -0.127. The monoisotopic (exact) mass is 379 g/mol. The molecule has 0 aliphatic carbocycles. The molecule has 0 fully saturated rings. The molecule has 2 aromatic carbocycles. The van der Waals surface area contributed by atoms with E-state index < -0.39 is 5.41 Å². The smallest absolute Gasteiger partial charge is 0.239 e. The van der Waals surface area contributed by atoms with Crippen LogP contribution in [0.2, 0.25) is 0 Å².